The van der Waals surface area contributed by atoms with Crippen molar-refractivity contribution in [3.05, 3.63) is 80.5 Å². The number of hydrogen-bond acceptors (Lipinski definition) is 4. The maximum absolute atomic E-state index is 15.0. The van der Waals surface area contributed by atoms with Crippen LogP contribution in [0.3, 0.4) is 0 Å². The molecule has 0 amide bonds. The molecule has 1 heterocycles. The molecule has 3 aromatic rings. The fourth-order valence-corrected chi connectivity index (χ4v) is 4.63. The largest absolute Gasteiger partial charge is 0.384 e. The molecule has 1 aromatic heterocycles. The predicted molar refractivity (Wildman–Crippen MR) is 118 cm³/mol. The topological polar surface area (TPSA) is 85.1 Å². The molecule has 0 saturated heterocycles. The van der Waals surface area contributed by atoms with E-state index in [0.29, 0.717) is 22.6 Å². The van der Waals surface area contributed by atoms with Gasteiger partial charge in [0.2, 0.25) is 0 Å². The maximum Gasteiger partial charge on any atom is 0.263 e. The lowest BCUT2D eigenvalue weighted by molar-refractivity contribution is 0.578. The SMILES string of the molecule is Cc1cc(N)nc(C)c1C#Cc1c(F)ccc(NS(=O)(=O)c2cc(Cl)ccc2Cl)c1F. The van der Waals surface area contributed by atoms with Crippen LogP contribution in [0.25, 0.3) is 0 Å². The Hall–Kier alpha value is -2.86. The van der Waals surface area contributed by atoms with Crippen molar-refractivity contribution in [1.82, 2.24) is 4.98 Å². The van der Waals surface area contributed by atoms with Gasteiger partial charge < -0.3 is 5.73 Å². The van der Waals surface area contributed by atoms with Crippen molar-refractivity contribution in [2.45, 2.75) is 18.7 Å². The number of aromatic nitrogens is 1. The molecule has 0 radical (unpaired) electrons. The standard InChI is InChI=1S/C21H15Cl2F2N3O2S/c1-11-9-20(26)27-12(2)14(11)4-5-15-17(24)7-8-18(21(15)25)28-31(29,30)19-10-13(22)3-6-16(19)23/h3,6-10,28H,1-2H3,(H2,26,27). The summed E-state index contributed by atoms with van der Waals surface area (Å²) in [7, 11) is -4.30. The number of nitrogens with zero attached hydrogens (tertiary/aromatic N) is 1. The lowest BCUT2D eigenvalue weighted by atomic mass is 10.1. The van der Waals surface area contributed by atoms with Crippen LogP contribution in [0.1, 0.15) is 22.4 Å². The van der Waals surface area contributed by atoms with Crippen molar-refractivity contribution in [2.24, 2.45) is 0 Å². The minimum atomic E-state index is -4.30. The number of nitrogens with one attached hydrogen (secondary N) is 1. The summed E-state index contributed by atoms with van der Waals surface area (Å²) in [5, 5.41) is 0.0139. The molecular weight excluding hydrogens is 467 g/mol. The van der Waals surface area contributed by atoms with Crippen LogP contribution in [0, 0.1) is 37.3 Å². The third kappa shape index (κ3) is 4.90. The molecule has 0 spiro atoms. The first-order valence-corrected chi connectivity index (χ1v) is 10.9. The molecule has 5 nitrogen and oxygen atoms in total. The summed E-state index contributed by atoms with van der Waals surface area (Å²) >= 11 is 11.8. The van der Waals surface area contributed by atoms with Crippen molar-refractivity contribution < 1.29 is 17.2 Å². The van der Waals surface area contributed by atoms with E-state index in [9.17, 15) is 17.2 Å². The van der Waals surface area contributed by atoms with Gasteiger partial charge in [0.15, 0.2) is 5.82 Å². The molecule has 3 rings (SSSR count). The fraction of sp³-hybridized carbons (Fsp3) is 0.0952. The van der Waals surface area contributed by atoms with Gasteiger partial charge in [0, 0.05) is 10.6 Å². The van der Waals surface area contributed by atoms with Gasteiger partial charge in [0.1, 0.15) is 16.5 Å². The van der Waals surface area contributed by atoms with Crippen LogP contribution in [-0.2, 0) is 10.0 Å². The number of nitrogen functional groups attached to an aromatic ring is 1. The molecule has 3 N–H and O–H groups in total. The van der Waals surface area contributed by atoms with E-state index in [1.165, 1.54) is 12.1 Å². The predicted octanol–water partition coefficient (Wildman–Crippen LogP) is 5.07. The van der Waals surface area contributed by atoms with Gasteiger partial charge in [-0.2, -0.15) is 0 Å². The van der Waals surface area contributed by atoms with E-state index in [4.69, 9.17) is 28.9 Å². The Morgan fingerprint density at radius 2 is 1.71 bits per heavy atom. The summed E-state index contributed by atoms with van der Waals surface area (Å²) in [6.45, 7) is 3.40. The summed E-state index contributed by atoms with van der Waals surface area (Å²) in [6.07, 6.45) is 0. The van der Waals surface area contributed by atoms with Crippen molar-refractivity contribution in [2.75, 3.05) is 10.5 Å². The molecule has 10 heteroatoms. The van der Waals surface area contributed by atoms with Gasteiger partial charge in [-0.05, 0) is 55.8 Å². The molecule has 0 atom stereocenters. The highest BCUT2D eigenvalue weighted by atomic mass is 35.5. The third-order valence-electron chi connectivity index (χ3n) is 4.25. The van der Waals surface area contributed by atoms with Gasteiger partial charge in [-0.25, -0.2) is 22.2 Å². The lowest BCUT2D eigenvalue weighted by Gasteiger charge is -2.11. The summed E-state index contributed by atoms with van der Waals surface area (Å²) < 4.78 is 56.6. The van der Waals surface area contributed by atoms with Crippen LogP contribution in [0.4, 0.5) is 20.3 Å². The molecule has 0 saturated carbocycles. The highest BCUT2D eigenvalue weighted by molar-refractivity contribution is 7.92. The average Bonchev–Trinajstić information content (AvgIpc) is 2.67. The normalized spacial score (nSPS) is 11.0. The molecule has 0 aliphatic carbocycles. The Morgan fingerprint density at radius 3 is 2.39 bits per heavy atom. The number of sulfonamides is 1. The Bertz CT molecular complexity index is 1340. The van der Waals surface area contributed by atoms with Crippen LogP contribution in [-0.4, -0.2) is 13.4 Å². The molecule has 0 aliphatic rings. The molecule has 0 fully saturated rings. The van der Waals surface area contributed by atoms with Gasteiger partial charge in [0.25, 0.3) is 10.0 Å². The Kier molecular flexibility index (Phi) is 6.41. The van der Waals surface area contributed by atoms with Crippen molar-refractivity contribution in [3.63, 3.8) is 0 Å². The quantitative estimate of drug-likeness (QED) is 0.511. The summed E-state index contributed by atoms with van der Waals surface area (Å²) in [5.74, 6) is 3.28. The van der Waals surface area contributed by atoms with E-state index < -0.39 is 32.9 Å². The van der Waals surface area contributed by atoms with E-state index >= 15 is 0 Å². The van der Waals surface area contributed by atoms with E-state index in [2.05, 4.69) is 21.5 Å². The average molecular weight is 482 g/mol. The van der Waals surface area contributed by atoms with Crippen LogP contribution in [0.2, 0.25) is 10.0 Å². The zero-order valence-electron chi connectivity index (χ0n) is 16.2. The maximum atomic E-state index is 15.0. The molecular formula is C21H15Cl2F2N3O2S. The van der Waals surface area contributed by atoms with E-state index in [-0.39, 0.29) is 14.9 Å². The van der Waals surface area contributed by atoms with Gasteiger partial charge in [-0.15, -0.1) is 0 Å². The van der Waals surface area contributed by atoms with Crippen LogP contribution >= 0.6 is 23.2 Å². The Morgan fingerprint density at radius 1 is 1.03 bits per heavy atom. The van der Waals surface area contributed by atoms with Crippen LogP contribution < -0.4 is 10.5 Å². The molecule has 0 unspecified atom stereocenters. The fourth-order valence-electron chi connectivity index (χ4n) is 2.80. The third-order valence-corrected chi connectivity index (χ3v) is 6.33. The first-order valence-electron chi connectivity index (χ1n) is 8.71. The number of aryl methyl sites for hydroxylation is 2. The minimum absolute atomic E-state index is 0.110. The monoisotopic (exact) mass is 481 g/mol. The van der Waals surface area contributed by atoms with Crippen molar-refractivity contribution in [1.29, 1.82) is 0 Å². The number of hydrogen-bond donors (Lipinski definition) is 2. The van der Waals surface area contributed by atoms with Gasteiger partial charge in [-0.1, -0.05) is 35.0 Å². The number of rotatable bonds is 3. The highest BCUT2D eigenvalue weighted by Gasteiger charge is 2.22. The molecule has 0 aliphatic heterocycles. The highest BCUT2D eigenvalue weighted by Crippen LogP contribution is 2.29. The van der Waals surface area contributed by atoms with Crippen LogP contribution in [0.15, 0.2) is 41.3 Å². The molecule has 31 heavy (non-hydrogen) atoms. The number of benzene rings is 2. The molecule has 0 bridgehead atoms. The van der Waals surface area contributed by atoms with Crippen LogP contribution in [0.5, 0.6) is 0 Å². The number of anilines is 2. The summed E-state index contributed by atoms with van der Waals surface area (Å²) in [5.41, 5.74) is 6.22. The number of halogens is 4. The molecule has 2 aromatic carbocycles. The van der Waals surface area contributed by atoms with Gasteiger partial charge >= 0.3 is 0 Å². The minimum Gasteiger partial charge on any atom is -0.384 e. The van der Waals surface area contributed by atoms with E-state index in [1.54, 1.807) is 19.9 Å². The zero-order chi connectivity index (χ0) is 22.9. The summed E-state index contributed by atoms with van der Waals surface area (Å²) in [6, 6.07) is 7.27. The Balaban J connectivity index is 2.04. The molecule has 160 valence electrons. The second kappa shape index (κ2) is 8.71. The smallest absolute Gasteiger partial charge is 0.263 e. The lowest BCUT2D eigenvalue weighted by Crippen LogP contribution is -2.15. The van der Waals surface area contributed by atoms with Crippen molar-refractivity contribution in [3.8, 4) is 11.8 Å². The number of nitrogens with two attached hydrogens (primary N) is 1. The second-order valence-corrected chi connectivity index (χ2v) is 9.03. The number of pyridine rings is 1. The first kappa shape index (κ1) is 22.8. The Labute approximate surface area is 188 Å². The second-order valence-electron chi connectivity index (χ2n) is 6.54. The first-order chi connectivity index (χ1) is 14.5. The summed E-state index contributed by atoms with van der Waals surface area (Å²) in [4.78, 5) is 3.73. The van der Waals surface area contributed by atoms with Crippen molar-refractivity contribution >= 4 is 44.7 Å². The van der Waals surface area contributed by atoms with E-state index in [1.807, 2.05) is 0 Å². The van der Waals surface area contributed by atoms with Gasteiger partial charge in [0.05, 0.1) is 22.0 Å². The van der Waals surface area contributed by atoms with Gasteiger partial charge in [-0.3, -0.25) is 4.72 Å². The van der Waals surface area contributed by atoms with E-state index in [0.717, 1.165) is 18.2 Å². The zero-order valence-corrected chi connectivity index (χ0v) is 18.6.